The molecule has 1 aliphatic carbocycles. The number of fused-ring (bicyclic) bond motifs is 1. The predicted octanol–water partition coefficient (Wildman–Crippen LogP) is 0.932. The SMILES string of the molecule is O=C(O)c1nccnc1N1CCOC2CCCC21. The molecule has 0 spiro atoms. The molecule has 1 aromatic heterocycles. The summed E-state index contributed by atoms with van der Waals surface area (Å²) in [7, 11) is 0. The van der Waals surface area contributed by atoms with Crippen molar-refractivity contribution in [3.8, 4) is 0 Å². The Morgan fingerprint density at radius 2 is 2.22 bits per heavy atom. The number of hydrogen-bond acceptors (Lipinski definition) is 5. The molecule has 0 radical (unpaired) electrons. The highest BCUT2D eigenvalue weighted by atomic mass is 16.5. The summed E-state index contributed by atoms with van der Waals surface area (Å²) in [6.45, 7) is 1.30. The van der Waals surface area contributed by atoms with Crippen molar-refractivity contribution < 1.29 is 14.6 Å². The molecule has 1 saturated carbocycles. The molecule has 1 aliphatic heterocycles. The number of carboxylic acid groups (broad SMARTS) is 1. The van der Waals surface area contributed by atoms with Crippen LogP contribution in [0, 0.1) is 0 Å². The summed E-state index contributed by atoms with van der Waals surface area (Å²) >= 11 is 0. The Hall–Kier alpha value is -1.69. The summed E-state index contributed by atoms with van der Waals surface area (Å²) in [5, 5.41) is 9.18. The molecule has 3 rings (SSSR count). The zero-order chi connectivity index (χ0) is 12.5. The fraction of sp³-hybridized carbons (Fsp3) is 0.583. The van der Waals surface area contributed by atoms with Crippen LogP contribution >= 0.6 is 0 Å². The highest BCUT2D eigenvalue weighted by molar-refractivity contribution is 5.91. The van der Waals surface area contributed by atoms with Crippen molar-refractivity contribution >= 4 is 11.8 Å². The van der Waals surface area contributed by atoms with E-state index in [0.29, 0.717) is 19.0 Å². The third kappa shape index (κ3) is 1.82. The van der Waals surface area contributed by atoms with Gasteiger partial charge in [0.15, 0.2) is 11.5 Å². The molecule has 0 aromatic carbocycles. The number of anilines is 1. The molecule has 6 heteroatoms. The van der Waals surface area contributed by atoms with E-state index in [1.165, 1.54) is 6.20 Å². The van der Waals surface area contributed by atoms with Crippen molar-refractivity contribution in [2.24, 2.45) is 0 Å². The maximum absolute atomic E-state index is 11.2. The number of ether oxygens (including phenoxy) is 1. The molecule has 2 unspecified atom stereocenters. The van der Waals surface area contributed by atoms with Crippen molar-refractivity contribution in [1.29, 1.82) is 0 Å². The van der Waals surface area contributed by atoms with E-state index in [1.807, 2.05) is 0 Å². The van der Waals surface area contributed by atoms with Crippen molar-refractivity contribution in [3.05, 3.63) is 18.1 Å². The molecule has 1 saturated heterocycles. The van der Waals surface area contributed by atoms with Gasteiger partial charge in [-0.15, -0.1) is 0 Å². The van der Waals surface area contributed by atoms with E-state index in [-0.39, 0.29) is 17.8 Å². The molecule has 2 fully saturated rings. The van der Waals surface area contributed by atoms with Gasteiger partial charge in [0, 0.05) is 18.9 Å². The molecule has 2 aliphatic rings. The summed E-state index contributed by atoms with van der Waals surface area (Å²) in [4.78, 5) is 21.4. The highest BCUT2D eigenvalue weighted by Crippen LogP contribution is 2.33. The number of aromatic carboxylic acids is 1. The number of aromatic nitrogens is 2. The number of hydrogen-bond donors (Lipinski definition) is 1. The lowest BCUT2D eigenvalue weighted by Crippen LogP contribution is -2.49. The van der Waals surface area contributed by atoms with E-state index in [4.69, 9.17) is 4.74 Å². The number of morpholine rings is 1. The van der Waals surface area contributed by atoms with E-state index >= 15 is 0 Å². The van der Waals surface area contributed by atoms with Crippen molar-refractivity contribution in [2.75, 3.05) is 18.1 Å². The second-order valence-electron chi connectivity index (χ2n) is 4.63. The summed E-state index contributed by atoms with van der Waals surface area (Å²) in [5.74, 6) is -0.552. The van der Waals surface area contributed by atoms with Crippen LogP contribution in [-0.2, 0) is 4.74 Å². The van der Waals surface area contributed by atoms with Crippen LogP contribution in [0.1, 0.15) is 29.8 Å². The van der Waals surface area contributed by atoms with Gasteiger partial charge in [0.2, 0.25) is 0 Å². The zero-order valence-corrected chi connectivity index (χ0v) is 9.95. The van der Waals surface area contributed by atoms with Gasteiger partial charge < -0.3 is 14.7 Å². The Morgan fingerprint density at radius 1 is 1.39 bits per heavy atom. The second-order valence-corrected chi connectivity index (χ2v) is 4.63. The predicted molar refractivity (Wildman–Crippen MR) is 63.7 cm³/mol. The minimum atomic E-state index is -1.03. The Bertz CT molecular complexity index is 466. The van der Waals surface area contributed by atoms with E-state index < -0.39 is 5.97 Å². The zero-order valence-electron chi connectivity index (χ0n) is 9.95. The van der Waals surface area contributed by atoms with Crippen LogP contribution < -0.4 is 4.90 Å². The molecule has 0 amide bonds. The van der Waals surface area contributed by atoms with Gasteiger partial charge in [0.05, 0.1) is 18.8 Å². The number of carbonyl (C=O) groups is 1. The lowest BCUT2D eigenvalue weighted by molar-refractivity contribution is 0.0251. The van der Waals surface area contributed by atoms with E-state index in [1.54, 1.807) is 6.20 Å². The van der Waals surface area contributed by atoms with Gasteiger partial charge in [0.1, 0.15) is 0 Å². The van der Waals surface area contributed by atoms with Crippen LogP contribution in [0.3, 0.4) is 0 Å². The van der Waals surface area contributed by atoms with Gasteiger partial charge in [-0.2, -0.15) is 0 Å². The number of carboxylic acids is 1. The number of nitrogens with zero attached hydrogens (tertiary/aromatic N) is 3. The molecular weight excluding hydrogens is 234 g/mol. The summed E-state index contributed by atoms with van der Waals surface area (Å²) in [6, 6.07) is 0.244. The molecule has 1 aromatic rings. The molecular formula is C12H15N3O3. The lowest BCUT2D eigenvalue weighted by Gasteiger charge is -2.38. The van der Waals surface area contributed by atoms with Crippen molar-refractivity contribution in [1.82, 2.24) is 9.97 Å². The van der Waals surface area contributed by atoms with Gasteiger partial charge >= 0.3 is 5.97 Å². The summed E-state index contributed by atoms with van der Waals surface area (Å²) in [5.41, 5.74) is 0.0325. The molecule has 1 N–H and O–H groups in total. The fourth-order valence-electron chi connectivity index (χ4n) is 2.88. The van der Waals surface area contributed by atoms with Crippen molar-refractivity contribution in [3.63, 3.8) is 0 Å². The normalized spacial score (nSPS) is 27.0. The first kappa shape index (κ1) is 11.4. The fourth-order valence-corrected chi connectivity index (χ4v) is 2.88. The van der Waals surface area contributed by atoms with Crippen LogP contribution in [0.4, 0.5) is 5.82 Å². The third-order valence-electron chi connectivity index (χ3n) is 3.64. The molecule has 2 atom stereocenters. The van der Waals surface area contributed by atoms with Crippen LogP contribution in [0.2, 0.25) is 0 Å². The molecule has 96 valence electrons. The van der Waals surface area contributed by atoms with Crippen LogP contribution in [0.25, 0.3) is 0 Å². The van der Waals surface area contributed by atoms with Crippen LogP contribution in [-0.4, -0.2) is 46.3 Å². The molecule has 6 nitrogen and oxygen atoms in total. The van der Waals surface area contributed by atoms with Gasteiger partial charge in [-0.1, -0.05) is 0 Å². The summed E-state index contributed by atoms with van der Waals surface area (Å²) in [6.07, 6.45) is 6.36. The topological polar surface area (TPSA) is 75.5 Å². The minimum Gasteiger partial charge on any atom is -0.476 e. The van der Waals surface area contributed by atoms with Gasteiger partial charge in [-0.25, -0.2) is 14.8 Å². The van der Waals surface area contributed by atoms with Gasteiger partial charge in [0.25, 0.3) is 0 Å². The Morgan fingerprint density at radius 3 is 3.06 bits per heavy atom. The van der Waals surface area contributed by atoms with Gasteiger partial charge in [-0.3, -0.25) is 0 Å². The molecule has 0 bridgehead atoms. The molecule has 18 heavy (non-hydrogen) atoms. The largest absolute Gasteiger partial charge is 0.476 e. The quantitative estimate of drug-likeness (QED) is 0.840. The van der Waals surface area contributed by atoms with Crippen LogP contribution in [0.5, 0.6) is 0 Å². The number of rotatable bonds is 2. The smallest absolute Gasteiger partial charge is 0.358 e. The first-order valence-electron chi connectivity index (χ1n) is 6.20. The average Bonchev–Trinajstić information content (AvgIpc) is 2.86. The van der Waals surface area contributed by atoms with E-state index in [9.17, 15) is 9.90 Å². The molecule has 2 heterocycles. The van der Waals surface area contributed by atoms with E-state index in [0.717, 1.165) is 19.3 Å². The first-order valence-corrected chi connectivity index (χ1v) is 6.20. The average molecular weight is 249 g/mol. The highest BCUT2D eigenvalue weighted by Gasteiger charge is 2.38. The van der Waals surface area contributed by atoms with Crippen molar-refractivity contribution in [2.45, 2.75) is 31.4 Å². The first-order chi connectivity index (χ1) is 8.77. The van der Waals surface area contributed by atoms with Crippen LogP contribution in [0.15, 0.2) is 12.4 Å². The standard InChI is InChI=1S/C12H15N3O3/c16-12(17)10-11(14-5-4-13-10)15-6-7-18-9-3-1-2-8(9)15/h4-5,8-9H,1-3,6-7H2,(H,16,17). The summed E-state index contributed by atoms with van der Waals surface area (Å²) < 4.78 is 5.72. The third-order valence-corrected chi connectivity index (χ3v) is 3.64. The maximum Gasteiger partial charge on any atom is 0.358 e. The minimum absolute atomic E-state index is 0.0325. The van der Waals surface area contributed by atoms with E-state index in [2.05, 4.69) is 14.9 Å². The maximum atomic E-state index is 11.2. The Labute approximate surface area is 105 Å². The lowest BCUT2D eigenvalue weighted by atomic mass is 10.1. The monoisotopic (exact) mass is 249 g/mol. The Kier molecular flexibility index (Phi) is 2.87. The second kappa shape index (κ2) is 4.53. The van der Waals surface area contributed by atoms with Gasteiger partial charge in [-0.05, 0) is 19.3 Å². The Balaban J connectivity index is 1.96.